The summed E-state index contributed by atoms with van der Waals surface area (Å²) in [6, 6.07) is 7.77. The predicted octanol–water partition coefficient (Wildman–Crippen LogP) is 4.35. The van der Waals surface area contributed by atoms with Crippen LogP contribution < -0.4 is 10.6 Å². The van der Waals surface area contributed by atoms with E-state index in [1.807, 2.05) is 0 Å². The fourth-order valence-corrected chi connectivity index (χ4v) is 2.16. The van der Waals surface area contributed by atoms with E-state index in [9.17, 15) is 18.0 Å². The number of rotatable bonds is 7. The number of nitrogens with one attached hydrogen (secondary N) is 2. The lowest BCUT2D eigenvalue weighted by Crippen LogP contribution is -2.18. The number of amides is 1. The first-order valence-corrected chi connectivity index (χ1v) is 7.97. The van der Waals surface area contributed by atoms with Crippen molar-refractivity contribution in [3.05, 3.63) is 47.7 Å². The van der Waals surface area contributed by atoms with Crippen molar-refractivity contribution in [3.63, 3.8) is 0 Å². The van der Waals surface area contributed by atoms with Crippen LogP contribution in [-0.4, -0.2) is 22.6 Å². The lowest BCUT2D eigenvalue weighted by atomic mass is 10.1. The van der Waals surface area contributed by atoms with Gasteiger partial charge >= 0.3 is 6.18 Å². The Morgan fingerprint density at radius 3 is 2.48 bits per heavy atom. The largest absolute Gasteiger partial charge is 0.418 e. The van der Waals surface area contributed by atoms with Crippen LogP contribution in [0.15, 0.2) is 36.4 Å². The minimum Gasteiger partial charge on any atom is -0.369 e. The van der Waals surface area contributed by atoms with Crippen molar-refractivity contribution in [2.45, 2.75) is 32.4 Å². The number of unbranched alkanes of at least 4 members (excludes halogenated alkanes) is 2. The summed E-state index contributed by atoms with van der Waals surface area (Å²) in [5.41, 5.74) is -1.29. The van der Waals surface area contributed by atoms with Crippen molar-refractivity contribution in [2.75, 3.05) is 17.2 Å². The standard InChI is InChI=1S/C17H19F3N4O/c1-2-3-6-11-21-15-10-9-14(23-24-15)16(25)22-13-8-5-4-7-12(13)17(18,19)20/h4-5,7-10H,2-3,6,11H2,1H3,(H,21,24)(H,22,25). The molecule has 25 heavy (non-hydrogen) atoms. The van der Waals surface area contributed by atoms with Gasteiger partial charge in [0.15, 0.2) is 5.69 Å². The van der Waals surface area contributed by atoms with Gasteiger partial charge in [0.05, 0.1) is 11.3 Å². The molecule has 2 rings (SSSR count). The van der Waals surface area contributed by atoms with Gasteiger partial charge in [0.1, 0.15) is 5.82 Å². The Balaban J connectivity index is 2.02. The first-order chi connectivity index (χ1) is 11.9. The molecule has 8 heteroatoms. The second-order valence-electron chi connectivity index (χ2n) is 5.44. The third-order valence-electron chi connectivity index (χ3n) is 3.46. The second-order valence-corrected chi connectivity index (χ2v) is 5.44. The molecule has 2 N–H and O–H groups in total. The second kappa shape index (κ2) is 8.46. The number of carbonyl (C=O) groups excluding carboxylic acids is 1. The summed E-state index contributed by atoms with van der Waals surface area (Å²) in [6.45, 7) is 2.84. The summed E-state index contributed by atoms with van der Waals surface area (Å²) >= 11 is 0. The van der Waals surface area contributed by atoms with Crippen molar-refractivity contribution in [1.29, 1.82) is 0 Å². The van der Waals surface area contributed by atoms with E-state index in [0.29, 0.717) is 5.82 Å². The van der Waals surface area contributed by atoms with Crippen LogP contribution in [-0.2, 0) is 6.18 Å². The van der Waals surface area contributed by atoms with Crippen molar-refractivity contribution in [1.82, 2.24) is 10.2 Å². The molecule has 0 atom stereocenters. The van der Waals surface area contributed by atoms with Crippen LogP contribution in [0.5, 0.6) is 0 Å². The van der Waals surface area contributed by atoms with Crippen molar-refractivity contribution in [3.8, 4) is 0 Å². The quantitative estimate of drug-likeness (QED) is 0.727. The van der Waals surface area contributed by atoms with Crippen molar-refractivity contribution >= 4 is 17.4 Å². The number of hydrogen-bond acceptors (Lipinski definition) is 4. The number of benzene rings is 1. The molecule has 0 fully saturated rings. The van der Waals surface area contributed by atoms with Gasteiger partial charge in [0.2, 0.25) is 0 Å². The molecule has 1 heterocycles. The lowest BCUT2D eigenvalue weighted by molar-refractivity contribution is -0.136. The van der Waals surface area contributed by atoms with Crippen LogP contribution in [0.4, 0.5) is 24.7 Å². The van der Waals surface area contributed by atoms with Crippen LogP contribution in [0, 0.1) is 0 Å². The summed E-state index contributed by atoms with van der Waals surface area (Å²) in [5, 5.41) is 12.9. The first-order valence-electron chi connectivity index (χ1n) is 7.97. The number of aromatic nitrogens is 2. The molecule has 0 bridgehead atoms. The van der Waals surface area contributed by atoms with E-state index < -0.39 is 17.6 Å². The third kappa shape index (κ3) is 5.44. The summed E-state index contributed by atoms with van der Waals surface area (Å²) in [5.74, 6) is -0.231. The number of anilines is 2. The zero-order valence-electron chi connectivity index (χ0n) is 13.7. The van der Waals surface area contributed by atoms with Gasteiger partial charge in [-0.15, -0.1) is 10.2 Å². The van der Waals surface area contributed by atoms with Gasteiger partial charge in [0, 0.05) is 6.54 Å². The van der Waals surface area contributed by atoms with E-state index in [1.54, 1.807) is 6.07 Å². The van der Waals surface area contributed by atoms with Gasteiger partial charge in [0.25, 0.3) is 5.91 Å². The van der Waals surface area contributed by atoms with E-state index >= 15 is 0 Å². The fourth-order valence-electron chi connectivity index (χ4n) is 2.16. The first kappa shape index (κ1) is 18.7. The molecule has 0 aliphatic heterocycles. The molecule has 0 saturated heterocycles. The smallest absolute Gasteiger partial charge is 0.369 e. The molecule has 0 aliphatic rings. The van der Waals surface area contributed by atoms with Gasteiger partial charge in [-0.1, -0.05) is 31.9 Å². The Hall–Kier alpha value is -2.64. The Kier molecular flexibility index (Phi) is 6.32. The van der Waals surface area contributed by atoms with E-state index in [2.05, 4.69) is 27.8 Å². The molecule has 5 nitrogen and oxygen atoms in total. The Morgan fingerprint density at radius 1 is 1.08 bits per heavy atom. The van der Waals surface area contributed by atoms with Gasteiger partial charge in [-0.2, -0.15) is 13.2 Å². The summed E-state index contributed by atoms with van der Waals surface area (Å²) in [4.78, 5) is 12.1. The van der Waals surface area contributed by atoms with Gasteiger partial charge in [-0.25, -0.2) is 0 Å². The number of hydrogen-bond donors (Lipinski definition) is 2. The van der Waals surface area contributed by atoms with Gasteiger partial charge in [-0.05, 0) is 30.7 Å². The Morgan fingerprint density at radius 2 is 1.84 bits per heavy atom. The maximum atomic E-state index is 12.9. The van der Waals surface area contributed by atoms with Crippen LogP contribution in [0.1, 0.15) is 42.2 Å². The zero-order chi connectivity index (χ0) is 18.3. The highest BCUT2D eigenvalue weighted by molar-refractivity contribution is 6.03. The van der Waals surface area contributed by atoms with Crippen LogP contribution in [0.25, 0.3) is 0 Å². The molecule has 134 valence electrons. The average Bonchev–Trinajstić information content (AvgIpc) is 2.59. The molecule has 2 aromatic rings. The highest BCUT2D eigenvalue weighted by atomic mass is 19.4. The molecular formula is C17H19F3N4O. The average molecular weight is 352 g/mol. The third-order valence-corrected chi connectivity index (χ3v) is 3.46. The highest BCUT2D eigenvalue weighted by Crippen LogP contribution is 2.34. The SMILES string of the molecule is CCCCCNc1ccc(C(=O)Nc2ccccc2C(F)(F)F)nn1. The Labute approximate surface area is 143 Å². The van der Waals surface area contributed by atoms with Gasteiger partial charge in [-0.3, -0.25) is 4.79 Å². The molecule has 1 aromatic heterocycles. The maximum absolute atomic E-state index is 12.9. The summed E-state index contributed by atoms with van der Waals surface area (Å²) in [7, 11) is 0. The van der Waals surface area contributed by atoms with E-state index in [0.717, 1.165) is 31.9 Å². The minimum absolute atomic E-state index is 0.0592. The van der Waals surface area contributed by atoms with Crippen LogP contribution >= 0.6 is 0 Å². The molecule has 0 radical (unpaired) electrons. The fraction of sp³-hybridized carbons (Fsp3) is 0.353. The number of carbonyl (C=O) groups is 1. The van der Waals surface area contributed by atoms with Crippen molar-refractivity contribution in [2.24, 2.45) is 0 Å². The molecule has 0 aliphatic carbocycles. The normalized spacial score (nSPS) is 11.2. The summed E-state index contributed by atoms with van der Waals surface area (Å²) < 4.78 is 38.8. The molecule has 1 amide bonds. The van der Waals surface area contributed by atoms with Gasteiger partial charge < -0.3 is 10.6 Å². The number of para-hydroxylation sites is 1. The zero-order valence-corrected chi connectivity index (χ0v) is 13.7. The van der Waals surface area contributed by atoms with Crippen LogP contribution in [0.2, 0.25) is 0 Å². The predicted molar refractivity (Wildman–Crippen MR) is 89.4 cm³/mol. The number of alkyl halides is 3. The monoisotopic (exact) mass is 352 g/mol. The number of nitrogens with zero attached hydrogens (tertiary/aromatic N) is 2. The lowest BCUT2D eigenvalue weighted by Gasteiger charge is -2.13. The topological polar surface area (TPSA) is 66.9 Å². The van der Waals surface area contributed by atoms with E-state index in [-0.39, 0.29) is 11.4 Å². The molecule has 0 spiro atoms. The highest BCUT2D eigenvalue weighted by Gasteiger charge is 2.33. The van der Waals surface area contributed by atoms with Crippen molar-refractivity contribution < 1.29 is 18.0 Å². The number of halogens is 3. The Bertz CT molecular complexity index is 702. The maximum Gasteiger partial charge on any atom is 0.418 e. The molecule has 0 unspecified atom stereocenters. The summed E-state index contributed by atoms with van der Waals surface area (Å²) in [6.07, 6.45) is -1.36. The van der Waals surface area contributed by atoms with E-state index in [4.69, 9.17) is 0 Å². The van der Waals surface area contributed by atoms with E-state index in [1.165, 1.54) is 24.3 Å². The molecule has 0 saturated carbocycles. The minimum atomic E-state index is -4.55. The van der Waals surface area contributed by atoms with Crippen LogP contribution in [0.3, 0.4) is 0 Å². The molecular weight excluding hydrogens is 333 g/mol. The molecule has 1 aromatic carbocycles.